The van der Waals surface area contributed by atoms with Gasteiger partial charge in [-0.1, -0.05) is 17.7 Å². The Kier molecular flexibility index (Phi) is 6.32. The maximum absolute atomic E-state index is 11.6. The number of carbonyl (C=O) groups is 1. The topological polar surface area (TPSA) is 58.2 Å². The van der Waals surface area contributed by atoms with Crippen molar-refractivity contribution in [3.63, 3.8) is 0 Å². The van der Waals surface area contributed by atoms with Gasteiger partial charge in [0.05, 0.1) is 6.54 Å². The Morgan fingerprint density at radius 1 is 1.50 bits per heavy atom. The van der Waals surface area contributed by atoms with Crippen molar-refractivity contribution < 1.29 is 9.00 Å². The maximum Gasteiger partial charge on any atom is 0.238 e. The van der Waals surface area contributed by atoms with Crippen molar-refractivity contribution in [1.29, 1.82) is 0 Å². The van der Waals surface area contributed by atoms with E-state index in [0.717, 1.165) is 0 Å². The third-order valence-electron chi connectivity index (χ3n) is 2.20. The van der Waals surface area contributed by atoms with Crippen LogP contribution in [0.15, 0.2) is 24.3 Å². The second-order valence-corrected chi connectivity index (χ2v) is 6.00. The van der Waals surface area contributed by atoms with Crippen molar-refractivity contribution >= 4 is 34.0 Å². The largest absolute Gasteiger partial charge is 0.325 e. The summed E-state index contributed by atoms with van der Waals surface area (Å²) in [6, 6.07) is 7.02. The number of amides is 1. The molecule has 1 rings (SSSR count). The van der Waals surface area contributed by atoms with Crippen LogP contribution in [0, 0.1) is 0 Å². The molecule has 0 bridgehead atoms. The van der Waals surface area contributed by atoms with E-state index in [9.17, 15) is 9.00 Å². The second kappa shape index (κ2) is 7.51. The van der Waals surface area contributed by atoms with Crippen molar-refractivity contribution in [1.82, 2.24) is 5.32 Å². The van der Waals surface area contributed by atoms with Crippen LogP contribution >= 0.6 is 11.6 Å². The van der Waals surface area contributed by atoms with Gasteiger partial charge < -0.3 is 10.6 Å². The quantitative estimate of drug-likeness (QED) is 0.837. The number of carbonyl (C=O) groups excluding carboxylic acids is 1. The van der Waals surface area contributed by atoms with E-state index in [2.05, 4.69) is 10.6 Å². The van der Waals surface area contributed by atoms with E-state index in [1.165, 1.54) is 0 Å². The second-order valence-electron chi connectivity index (χ2n) is 4.08. The van der Waals surface area contributed by atoms with Gasteiger partial charge in [0.15, 0.2) is 0 Å². The molecule has 1 amide bonds. The number of hydrogen-bond acceptors (Lipinski definition) is 3. The molecule has 0 saturated heterocycles. The number of halogens is 1. The van der Waals surface area contributed by atoms with Gasteiger partial charge in [0, 0.05) is 39.6 Å². The van der Waals surface area contributed by atoms with Crippen LogP contribution in [0.5, 0.6) is 0 Å². The van der Waals surface area contributed by atoms with Gasteiger partial charge in [-0.25, -0.2) is 0 Å². The summed E-state index contributed by atoms with van der Waals surface area (Å²) in [6.07, 6.45) is 1.64. The van der Waals surface area contributed by atoms with Gasteiger partial charge in [0.2, 0.25) is 5.91 Å². The lowest BCUT2D eigenvalue weighted by atomic mass is 10.3. The predicted molar refractivity (Wildman–Crippen MR) is 76.5 cm³/mol. The van der Waals surface area contributed by atoms with Crippen LogP contribution in [0.3, 0.4) is 0 Å². The highest BCUT2D eigenvalue weighted by atomic mass is 35.5. The molecule has 0 heterocycles. The van der Waals surface area contributed by atoms with Crippen LogP contribution in [0.2, 0.25) is 5.02 Å². The Morgan fingerprint density at radius 2 is 2.22 bits per heavy atom. The van der Waals surface area contributed by atoms with Crippen molar-refractivity contribution in [2.45, 2.75) is 13.0 Å². The Balaban J connectivity index is 2.36. The lowest BCUT2D eigenvalue weighted by Crippen LogP contribution is -2.37. The molecule has 0 saturated carbocycles. The number of nitrogens with one attached hydrogen (secondary N) is 2. The molecule has 2 atom stereocenters. The Labute approximate surface area is 115 Å². The summed E-state index contributed by atoms with van der Waals surface area (Å²) in [5.41, 5.74) is 0.668. The molecule has 0 spiro atoms. The van der Waals surface area contributed by atoms with Gasteiger partial charge in [-0.05, 0) is 25.1 Å². The molecule has 100 valence electrons. The molecular formula is C12H17ClN2O2S. The van der Waals surface area contributed by atoms with Crippen molar-refractivity contribution in [3.8, 4) is 0 Å². The Bertz CT molecular complexity index is 440. The molecule has 1 aromatic carbocycles. The summed E-state index contributed by atoms with van der Waals surface area (Å²) in [6.45, 7) is 2.08. The number of hydrogen-bond donors (Lipinski definition) is 2. The zero-order valence-electron chi connectivity index (χ0n) is 10.4. The SMILES string of the molecule is CC(CS(C)=O)NCC(=O)Nc1cccc(Cl)c1. The molecule has 0 aromatic heterocycles. The summed E-state index contributed by atoms with van der Waals surface area (Å²) in [5.74, 6) is 0.385. The fraction of sp³-hybridized carbons (Fsp3) is 0.417. The smallest absolute Gasteiger partial charge is 0.238 e. The molecule has 0 aliphatic rings. The van der Waals surface area contributed by atoms with E-state index in [-0.39, 0.29) is 18.5 Å². The lowest BCUT2D eigenvalue weighted by Gasteiger charge is -2.12. The fourth-order valence-electron chi connectivity index (χ4n) is 1.45. The van der Waals surface area contributed by atoms with Crippen molar-refractivity contribution in [2.24, 2.45) is 0 Å². The number of rotatable bonds is 6. The zero-order chi connectivity index (χ0) is 13.5. The van der Waals surface area contributed by atoms with E-state index in [4.69, 9.17) is 11.6 Å². The van der Waals surface area contributed by atoms with Gasteiger partial charge in [-0.2, -0.15) is 0 Å². The minimum Gasteiger partial charge on any atom is -0.325 e. The molecule has 0 aliphatic heterocycles. The summed E-state index contributed by atoms with van der Waals surface area (Å²) in [4.78, 5) is 11.6. The summed E-state index contributed by atoms with van der Waals surface area (Å²) in [7, 11) is -0.863. The normalized spacial score (nSPS) is 13.9. The fourth-order valence-corrected chi connectivity index (χ4v) is 2.46. The van der Waals surface area contributed by atoms with Crippen molar-refractivity contribution in [3.05, 3.63) is 29.3 Å². The van der Waals surface area contributed by atoms with Gasteiger partial charge in [-0.15, -0.1) is 0 Å². The summed E-state index contributed by atoms with van der Waals surface area (Å²) < 4.78 is 11.0. The monoisotopic (exact) mass is 288 g/mol. The predicted octanol–water partition coefficient (Wildman–Crippen LogP) is 1.64. The van der Waals surface area contributed by atoms with E-state index in [1.54, 1.807) is 30.5 Å². The van der Waals surface area contributed by atoms with Crippen molar-refractivity contribution in [2.75, 3.05) is 23.9 Å². The minimum atomic E-state index is -0.863. The molecule has 6 heteroatoms. The van der Waals surface area contributed by atoms with Gasteiger partial charge >= 0.3 is 0 Å². The first-order chi connectivity index (χ1) is 8.47. The highest BCUT2D eigenvalue weighted by Gasteiger charge is 2.07. The molecule has 4 nitrogen and oxygen atoms in total. The number of anilines is 1. The average Bonchev–Trinajstić information content (AvgIpc) is 2.25. The average molecular weight is 289 g/mol. The van der Waals surface area contributed by atoms with Crippen LogP contribution in [0.25, 0.3) is 0 Å². The molecule has 0 aliphatic carbocycles. The minimum absolute atomic E-state index is 0.0425. The molecule has 0 radical (unpaired) electrons. The zero-order valence-corrected chi connectivity index (χ0v) is 12.0. The van der Waals surface area contributed by atoms with Crippen LogP contribution in [0.1, 0.15) is 6.92 Å². The van der Waals surface area contributed by atoms with Gasteiger partial charge in [0.25, 0.3) is 0 Å². The van der Waals surface area contributed by atoms with Gasteiger partial charge in [0.1, 0.15) is 0 Å². The Morgan fingerprint density at radius 3 is 2.83 bits per heavy atom. The first-order valence-electron chi connectivity index (χ1n) is 5.56. The third-order valence-corrected chi connectivity index (χ3v) is 3.41. The third kappa shape index (κ3) is 6.14. The van der Waals surface area contributed by atoms with E-state index in [1.807, 2.05) is 6.92 Å². The summed E-state index contributed by atoms with van der Waals surface area (Å²) >= 11 is 5.81. The van der Waals surface area contributed by atoms with Crippen LogP contribution in [-0.2, 0) is 15.6 Å². The molecule has 2 unspecified atom stereocenters. The Hall–Kier alpha value is -0.910. The van der Waals surface area contributed by atoms with Gasteiger partial charge in [-0.3, -0.25) is 9.00 Å². The van der Waals surface area contributed by atoms with E-state index >= 15 is 0 Å². The number of benzene rings is 1. The van der Waals surface area contributed by atoms with E-state index < -0.39 is 10.8 Å². The standard InChI is InChI=1S/C12H17ClN2O2S/c1-9(8-18(2)17)14-7-12(16)15-11-5-3-4-10(13)6-11/h3-6,9,14H,7-8H2,1-2H3,(H,15,16). The highest BCUT2D eigenvalue weighted by Crippen LogP contribution is 2.14. The first-order valence-corrected chi connectivity index (χ1v) is 7.66. The van der Waals surface area contributed by atoms with Crippen LogP contribution in [0.4, 0.5) is 5.69 Å². The molecule has 2 N–H and O–H groups in total. The molecule has 0 fully saturated rings. The lowest BCUT2D eigenvalue weighted by molar-refractivity contribution is -0.115. The first kappa shape index (κ1) is 15.1. The maximum atomic E-state index is 11.6. The molecular weight excluding hydrogens is 272 g/mol. The van der Waals surface area contributed by atoms with Crippen LogP contribution in [-0.4, -0.2) is 34.7 Å². The van der Waals surface area contributed by atoms with E-state index in [0.29, 0.717) is 16.5 Å². The van der Waals surface area contributed by atoms with Crippen LogP contribution < -0.4 is 10.6 Å². The summed E-state index contributed by atoms with van der Waals surface area (Å²) in [5, 5.41) is 6.32. The molecule has 1 aromatic rings. The molecule has 18 heavy (non-hydrogen) atoms. The highest BCUT2D eigenvalue weighted by molar-refractivity contribution is 7.84.